The number of carbonyl (C=O) groups excluding carboxylic acids is 1. The summed E-state index contributed by atoms with van der Waals surface area (Å²) in [7, 11) is 1.67. The summed E-state index contributed by atoms with van der Waals surface area (Å²) in [5, 5.41) is 7.09. The summed E-state index contributed by atoms with van der Waals surface area (Å²) in [5.74, 6) is 1.64. The standard InChI is InChI=1S/C17H20N4O3/c1-18-17(22)7-14-10-20(9-13-4-5-19-21(13)14)8-12-2-3-15-16(6-12)24-11-23-15/h2-6,14H,7-11H2,1H3,(H,18,22)/t14-/m0/s1. The molecule has 2 aliphatic rings. The van der Waals surface area contributed by atoms with Gasteiger partial charge in [0, 0.05) is 32.9 Å². The summed E-state index contributed by atoms with van der Waals surface area (Å²) in [4.78, 5) is 14.1. The number of nitrogens with one attached hydrogen (secondary N) is 1. The molecule has 7 heteroatoms. The van der Waals surface area contributed by atoms with E-state index in [-0.39, 0.29) is 18.7 Å². The predicted molar refractivity (Wildman–Crippen MR) is 86.6 cm³/mol. The third-order valence-corrected chi connectivity index (χ3v) is 4.50. The number of nitrogens with zero attached hydrogens (tertiary/aromatic N) is 3. The SMILES string of the molecule is CNC(=O)C[C@H]1CN(Cc2ccc3c(c2)OCO3)Cc2ccnn21. The van der Waals surface area contributed by atoms with Gasteiger partial charge < -0.3 is 14.8 Å². The summed E-state index contributed by atoms with van der Waals surface area (Å²) in [6, 6.07) is 8.11. The smallest absolute Gasteiger partial charge is 0.231 e. The molecule has 0 radical (unpaired) electrons. The molecule has 1 N–H and O–H groups in total. The summed E-state index contributed by atoms with van der Waals surface area (Å²) < 4.78 is 12.8. The molecule has 24 heavy (non-hydrogen) atoms. The molecule has 0 saturated heterocycles. The summed E-state index contributed by atoms with van der Waals surface area (Å²) >= 11 is 0. The molecular weight excluding hydrogens is 308 g/mol. The molecule has 1 aromatic carbocycles. The van der Waals surface area contributed by atoms with Crippen molar-refractivity contribution in [2.24, 2.45) is 0 Å². The van der Waals surface area contributed by atoms with Crippen LogP contribution in [0.15, 0.2) is 30.5 Å². The van der Waals surface area contributed by atoms with Crippen LogP contribution < -0.4 is 14.8 Å². The minimum atomic E-state index is 0.0337. The minimum Gasteiger partial charge on any atom is -0.454 e. The molecular formula is C17H20N4O3. The van der Waals surface area contributed by atoms with Gasteiger partial charge in [-0.2, -0.15) is 5.10 Å². The molecule has 1 amide bonds. The summed E-state index contributed by atoms with van der Waals surface area (Å²) in [6.07, 6.45) is 2.24. The van der Waals surface area contributed by atoms with Crippen molar-refractivity contribution >= 4 is 5.91 Å². The lowest BCUT2D eigenvalue weighted by Crippen LogP contribution is -2.39. The third-order valence-electron chi connectivity index (χ3n) is 4.50. The topological polar surface area (TPSA) is 68.6 Å². The lowest BCUT2D eigenvalue weighted by Gasteiger charge is -2.33. The molecule has 7 nitrogen and oxygen atoms in total. The quantitative estimate of drug-likeness (QED) is 0.916. The van der Waals surface area contributed by atoms with Crippen LogP contribution >= 0.6 is 0 Å². The highest BCUT2D eigenvalue weighted by Crippen LogP contribution is 2.33. The average molecular weight is 328 g/mol. The molecule has 2 aromatic rings. The second-order valence-corrected chi connectivity index (χ2v) is 6.16. The van der Waals surface area contributed by atoms with Crippen molar-refractivity contribution in [2.45, 2.75) is 25.6 Å². The molecule has 0 fully saturated rings. The molecule has 0 saturated carbocycles. The first-order chi connectivity index (χ1) is 11.7. The van der Waals surface area contributed by atoms with Gasteiger partial charge in [-0.25, -0.2) is 0 Å². The minimum absolute atomic E-state index is 0.0337. The Balaban J connectivity index is 1.51. The van der Waals surface area contributed by atoms with Crippen LogP contribution in [-0.4, -0.2) is 41.0 Å². The van der Waals surface area contributed by atoms with E-state index in [9.17, 15) is 4.79 Å². The Kier molecular flexibility index (Phi) is 3.86. The fourth-order valence-electron chi connectivity index (χ4n) is 3.35. The van der Waals surface area contributed by atoms with Crippen LogP contribution in [0.4, 0.5) is 0 Å². The van der Waals surface area contributed by atoms with Gasteiger partial charge in [0.1, 0.15) is 0 Å². The van der Waals surface area contributed by atoms with Crippen molar-refractivity contribution in [3.63, 3.8) is 0 Å². The Bertz CT molecular complexity index is 758. The Labute approximate surface area is 140 Å². The van der Waals surface area contributed by atoms with Crippen LogP contribution in [0.2, 0.25) is 0 Å². The van der Waals surface area contributed by atoms with Crippen LogP contribution in [0.5, 0.6) is 11.5 Å². The summed E-state index contributed by atoms with van der Waals surface area (Å²) in [6.45, 7) is 2.69. The zero-order chi connectivity index (χ0) is 16.5. The Morgan fingerprint density at radius 1 is 1.33 bits per heavy atom. The van der Waals surface area contributed by atoms with Gasteiger partial charge in [-0.1, -0.05) is 6.07 Å². The predicted octanol–water partition coefficient (Wildman–Crippen LogP) is 1.30. The van der Waals surface area contributed by atoms with E-state index in [1.807, 2.05) is 22.9 Å². The van der Waals surface area contributed by atoms with E-state index >= 15 is 0 Å². The van der Waals surface area contributed by atoms with Gasteiger partial charge in [0.15, 0.2) is 11.5 Å². The van der Waals surface area contributed by atoms with Crippen LogP contribution in [0, 0.1) is 0 Å². The zero-order valence-electron chi connectivity index (χ0n) is 13.6. The number of rotatable bonds is 4. The normalized spacial score (nSPS) is 19.1. The number of amides is 1. The van der Waals surface area contributed by atoms with E-state index < -0.39 is 0 Å². The first-order valence-corrected chi connectivity index (χ1v) is 8.07. The highest BCUT2D eigenvalue weighted by Gasteiger charge is 2.27. The van der Waals surface area contributed by atoms with Crippen molar-refractivity contribution in [3.8, 4) is 11.5 Å². The van der Waals surface area contributed by atoms with Gasteiger partial charge >= 0.3 is 0 Å². The molecule has 2 aliphatic heterocycles. The van der Waals surface area contributed by atoms with Crippen molar-refractivity contribution in [2.75, 3.05) is 20.4 Å². The van der Waals surface area contributed by atoms with Crippen molar-refractivity contribution < 1.29 is 14.3 Å². The Hall–Kier alpha value is -2.54. The maximum Gasteiger partial charge on any atom is 0.231 e. The fraction of sp³-hybridized carbons (Fsp3) is 0.412. The molecule has 0 spiro atoms. The van der Waals surface area contributed by atoms with Gasteiger partial charge in [0.05, 0.1) is 18.2 Å². The lowest BCUT2D eigenvalue weighted by atomic mass is 10.1. The second kappa shape index (κ2) is 6.16. The van der Waals surface area contributed by atoms with Gasteiger partial charge in [-0.3, -0.25) is 14.4 Å². The monoisotopic (exact) mass is 328 g/mol. The van der Waals surface area contributed by atoms with Crippen LogP contribution in [-0.2, 0) is 17.9 Å². The number of benzene rings is 1. The van der Waals surface area contributed by atoms with Gasteiger partial charge in [-0.05, 0) is 23.8 Å². The fourth-order valence-corrected chi connectivity index (χ4v) is 3.35. The maximum absolute atomic E-state index is 11.8. The van der Waals surface area contributed by atoms with E-state index in [1.54, 1.807) is 13.2 Å². The Morgan fingerprint density at radius 2 is 2.21 bits per heavy atom. The van der Waals surface area contributed by atoms with Crippen LogP contribution in [0.25, 0.3) is 0 Å². The highest BCUT2D eigenvalue weighted by atomic mass is 16.7. The van der Waals surface area contributed by atoms with E-state index in [2.05, 4.69) is 21.4 Å². The largest absolute Gasteiger partial charge is 0.454 e. The van der Waals surface area contributed by atoms with Gasteiger partial charge in [0.2, 0.25) is 12.7 Å². The molecule has 3 heterocycles. The summed E-state index contributed by atoms with van der Waals surface area (Å²) in [5.41, 5.74) is 2.31. The molecule has 4 rings (SSSR count). The third kappa shape index (κ3) is 2.82. The van der Waals surface area contributed by atoms with Crippen LogP contribution in [0.1, 0.15) is 23.7 Å². The second-order valence-electron chi connectivity index (χ2n) is 6.16. The van der Waals surface area contributed by atoms with Gasteiger partial charge in [-0.15, -0.1) is 0 Å². The highest BCUT2D eigenvalue weighted by molar-refractivity contribution is 5.76. The van der Waals surface area contributed by atoms with E-state index in [1.165, 1.54) is 5.56 Å². The van der Waals surface area contributed by atoms with Crippen molar-refractivity contribution in [3.05, 3.63) is 41.7 Å². The molecule has 0 bridgehead atoms. The number of fused-ring (bicyclic) bond motifs is 2. The molecule has 1 atom stereocenters. The average Bonchev–Trinajstić information content (AvgIpc) is 3.23. The first kappa shape index (κ1) is 15.0. The number of ether oxygens (including phenoxy) is 2. The Morgan fingerprint density at radius 3 is 3.08 bits per heavy atom. The number of hydrogen-bond donors (Lipinski definition) is 1. The van der Waals surface area contributed by atoms with Crippen LogP contribution in [0.3, 0.4) is 0 Å². The number of aromatic nitrogens is 2. The number of hydrogen-bond acceptors (Lipinski definition) is 5. The van der Waals surface area contributed by atoms with E-state index in [0.717, 1.165) is 36.8 Å². The zero-order valence-corrected chi connectivity index (χ0v) is 13.6. The van der Waals surface area contributed by atoms with Crippen molar-refractivity contribution in [1.82, 2.24) is 20.0 Å². The molecule has 126 valence electrons. The van der Waals surface area contributed by atoms with E-state index in [0.29, 0.717) is 6.42 Å². The molecule has 0 aliphatic carbocycles. The van der Waals surface area contributed by atoms with E-state index in [4.69, 9.17) is 9.47 Å². The molecule has 0 unspecified atom stereocenters. The first-order valence-electron chi connectivity index (χ1n) is 8.07. The maximum atomic E-state index is 11.8. The van der Waals surface area contributed by atoms with Gasteiger partial charge in [0.25, 0.3) is 0 Å². The van der Waals surface area contributed by atoms with Crippen molar-refractivity contribution in [1.29, 1.82) is 0 Å². The number of carbonyl (C=O) groups is 1. The lowest BCUT2D eigenvalue weighted by molar-refractivity contribution is -0.121. The molecule has 1 aromatic heterocycles.